The molecule has 7 nitrogen and oxygen atoms in total. The number of benzene rings is 2. The second-order valence-electron chi connectivity index (χ2n) is 5.66. The Balaban J connectivity index is 1.60. The summed E-state index contributed by atoms with van der Waals surface area (Å²) < 4.78 is 73.1. The molecule has 0 saturated carbocycles. The molecule has 12 heteroatoms. The lowest BCUT2D eigenvalue weighted by molar-refractivity contribution is -0.137. The number of hydrogen-bond donors (Lipinski definition) is 2. The number of carbonyl (C=O) groups is 1. The molecular weight excluding hydrogens is 417 g/mol. The molecule has 1 heterocycles. The van der Waals surface area contributed by atoms with Crippen LogP contribution in [-0.4, -0.2) is 29.6 Å². The number of amides is 1. The lowest BCUT2D eigenvalue weighted by atomic mass is 10.2. The minimum absolute atomic E-state index is 0.0269. The van der Waals surface area contributed by atoms with E-state index in [-0.39, 0.29) is 29.1 Å². The second-order valence-corrected chi connectivity index (χ2v) is 7.93. The second kappa shape index (κ2) is 7.81. The van der Waals surface area contributed by atoms with E-state index in [0.29, 0.717) is 5.52 Å². The van der Waals surface area contributed by atoms with Crippen LogP contribution in [-0.2, 0) is 21.0 Å². The van der Waals surface area contributed by atoms with Gasteiger partial charge in [-0.15, -0.1) is 0 Å². The third-order valence-corrected chi connectivity index (χ3v) is 5.69. The van der Waals surface area contributed by atoms with Gasteiger partial charge < -0.3 is 5.32 Å². The maximum atomic E-state index is 12.7. The van der Waals surface area contributed by atoms with E-state index in [9.17, 15) is 26.4 Å². The van der Waals surface area contributed by atoms with Gasteiger partial charge in [0.1, 0.15) is 15.9 Å². The van der Waals surface area contributed by atoms with Gasteiger partial charge in [-0.3, -0.25) is 4.79 Å². The van der Waals surface area contributed by atoms with Crippen LogP contribution in [0.15, 0.2) is 47.4 Å². The van der Waals surface area contributed by atoms with Gasteiger partial charge in [0.05, 0.1) is 17.3 Å². The van der Waals surface area contributed by atoms with Gasteiger partial charge in [0.15, 0.2) is 0 Å². The van der Waals surface area contributed by atoms with Crippen LogP contribution < -0.4 is 10.0 Å². The number of nitrogens with zero attached hydrogens (tertiary/aromatic N) is 2. The van der Waals surface area contributed by atoms with Crippen LogP contribution in [0.5, 0.6) is 0 Å². The van der Waals surface area contributed by atoms with Crippen molar-refractivity contribution in [1.29, 1.82) is 0 Å². The standard InChI is InChI=1S/C16H13F3N4O3S2/c17-16(18,19)10-3-1-4-11(9-10)21-14(24)7-8-20-28(25,26)13-6-2-5-12-15(13)23-27-22-12/h1-6,9,20H,7-8H2,(H,21,24). The molecule has 3 aromatic rings. The molecule has 0 aliphatic carbocycles. The summed E-state index contributed by atoms with van der Waals surface area (Å²) in [6.07, 6.45) is -4.79. The quantitative estimate of drug-likeness (QED) is 0.626. The van der Waals surface area contributed by atoms with Crippen molar-refractivity contribution in [1.82, 2.24) is 13.5 Å². The Morgan fingerprint density at radius 3 is 2.61 bits per heavy atom. The molecule has 0 fully saturated rings. The third kappa shape index (κ3) is 4.64. The smallest absolute Gasteiger partial charge is 0.326 e. The zero-order valence-corrected chi connectivity index (χ0v) is 15.7. The highest BCUT2D eigenvalue weighted by atomic mass is 32.2. The van der Waals surface area contributed by atoms with Crippen molar-refractivity contribution in [3.8, 4) is 0 Å². The summed E-state index contributed by atoms with van der Waals surface area (Å²) in [5, 5.41) is 2.31. The normalized spacial score (nSPS) is 12.2. The Labute approximate surface area is 162 Å². The molecule has 0 aliphatic rings. The number of sulfonamides is 1. The van der Waals surface area contributed by atoms with E-state index in [4.69, 9.17) is 0 Å². The number of hydrogen-bond acceptors (Lipinski definition) is 6. The molecule has 0 saturated heterocycles. The van der Waals surface area contributed by atoms with Crippen molar-refractivity contribution in [2.45, 2.75) is 17.5 Å². The fourth-order valence-electron chi connectivity index (χ4n) is 2.37. The predicted molar refractivity (Wildman–Crippen MR) is 97.3 cm³/mol. The van der Waals surface area contributed by atoms with E-state index in [2.05, 4.69) is 18.8 Å². The van der Waals surface area contributed by atoms with Gasteiger partial charge in [-0.1, -0.05) is 12.1 Å². The van der Waals surface area contributed by atoms with Crippen LogP contribution in [0.25, 0.3) is 11.0 Å². The van der Waals surface area contributed by atoms with Crippen molar-refractivity contribution < 1.29 is 26.4 Å². The molecule has 0 spiro atoms. The van der Waals surface area contributed by atoms with Crippen molar-refractivity contribution >= 4 is 44.4 Å². The van der Waals surface area contributed by atoms with Crippen LogP contribution in [0.4, 0.5) is 18.9 Å². The molecule has 1 amide bonds. The van der Waals surface area contributed by atoms with Gasteiger partial charge in [0, 0.05) is 18.7 Å². The molecule has 0 unspecified atom stereocenters. The van der Waals surface area contributed by atoms with Gasteiger partial charge in [-0.2, -0.15) is 21.9 Å². The lowest BCUT2D eigenvalue weighted by Crippen LogP contribution is -2.28. The summed E-state index contributed by atoms with van der Waals surface area (Å²) >= 11 is 0.880. The summed E-state index contributed by atoms with van der Waals surface area (Å²) in [6, 6.07) is 8.69. The first-order valence-corrected chi connectivity index (χ1v) is 10.1. The molecule has 0 aliphatic heterocycles. The Bertz CT molecular complexity index is 1110. The Morgan fingerprint density at radius 1 is 1.11 bits per heavy atom. The number of fused-ring (bicyclic) bond motifs is 1. The Kier molecular flexibility index (Phi) is 5.63. The fraction of sp³-hybridized carbons (Fsp3) is 0.188. The predicted octanol–water partition coefficient (Wildman–Crippen LogP) is 3.02. The van der Waals surface area contributed by atoms with E-state index in [1.807, 2.05) is 0 Å². The van der Waals surface area contributed by atoms with Crippen LogP contribution in [0.3, 0.4) is 0 Å². The average Bonchev–Trinajstić information content (AvgIpc) is 3.09. The van der Waals surface area contributed by atoms with Crippen LogP contribution >= 0.6 is 11.7 Å². The topological polar surface area (TPSA) is 101 Å². The maximum Gasteiger partial charge on any atom is 0.416 e. The monoisotopic (exact) mass is 430 g/mol. The number of halogens is 3. The number of rotatable bonds is 6. The van der Waals surface area contributed by atoms with E-state index in [1.54, 1.807) is 6.07 Å². The average molecular weight is 430 g/mol. The van der Waals surface area contributed by atoms with Crippen molar-refractivity contribution in [2.24, 2.45) is 0 Å². The minimum atomic E-state index is -4.53. The van der Waals surface area contributed by atoms with Crippen LogP contribution in [0, 0.1) is 0 Å². The van der Waals surface area contributed by atoms with Gasteiger partial charge >= 0.3 is 6.18 Å². The molecule has 3 rings (SSSR count). The first kappa shape index (κ1) is 20.2. The van der Waals surface area contributed by atoms with Gasteiger partial charge in [-0.05, 0) is 30.3 Å². The molecule has 2 N–H and O–H groups in total. The molecule has 28 heavy (non-hydrogen) atoms. The largest absolute Gasteiger partial charge is 0.416 e. The lowest BCUT2D eigenvalue weighted by Gasteiger charge is -2.10. The van der Waals surface area contributed by atoms with E-state index in [1.165, 1.54) is 24.3 Å². The van der Waals surface area contributed by atoms with Crippen LogP contribution in [0.2, 0.25) is 0 Å². The van der Waals surface area contributed by atoms with Crippen molar-refractivity contribution in [3.05, 3.63) is 48.0 Å². The first-order chi connectivity index (χ1) is 13.2. The summed E-state index contributed by atoms with van der Waals surface area (Å²) in [7, 11) is -3.93. The maximum absolute atomic E-state index is 12.7. The van der Waals surface area contributed by atoms with Crippen LogP contribution in [0.1, 0.15) is 12.0 Å². The third-order valence-electron chi connectivity index (χ3n) is 3.66. The summed E-state index contributed by atoms with van der Waals surface area (Å²) in [4.78, 5) is 11.9. The molecule has 148 valence electrons. The highest BCUT2D eigenvalue weighted by molar-refractivity contribution is 7.89. The van der Waals surface area contributed by atoms with E-state index < -0.39 is 27.7 Å². The number of aromatic nitrogens is 2. The Morgan fingerprint density at radius 2 is 1.86 bits per heavy atom. The fourth-order valence-corrected chi connectivity index (χ4v) is 4.17. The van der Waals surface area contributed by atoms with Crippen molar-refractivity contribution in [3.63, 3.8) is 0 Å². The summed E-state index contributed by atoms with van der Waals surface area (Å²) in [5.74, 6) is -0.629. The number of carbonyl (C=O) groups excluding carboxylic acids is 1. The molecule has 2 aromatic carbocycles. The zero-order chi connectivity index (χ0) is 20.4. The summed E-state index contributed by atoms with van der Waals surface area (Å²) in [6.45, 7) is -0.235. The van der Waals surface area contributed by atoms with Crippen molar-refractivity contribution in [2.75, 3.05) is 11.9 Å². The van der Waals surface area contributed by atoms with Gasteiger partial charge in [0.25, 0.3) is 0 Å². The van der Waals surface area contributed by atoms with E-state index in [0.717, 1.165) is 23.9 Å². The Hall–Kier alpha value is -2.57. The van der Waals surface area contributed by atoms with Gasteiger partial charge in [-0.25, -0.2) is 13.1 Å². The number of alkyl halides is 3. The molecular formula is C16H13F3N4O3S2. The molecule has 0 bridgehead atoms. The SMILES string of the molecule is O=C(CCNS(=O)(=O)c1cccc2nsnc12)Nc1cccc(C(F)(F)F)c1. The number of anilines is 1. The minimum Gasteiger partial charge on any atom is -0.326 e. The first-order valence-electron chi connectivity index (χ1n) is 7.85. The highest BCUT2D eigenvalue weighted by Gasteiger charge is 2.30. The zero-order valence-electron chi connectivity index (χ0n) is 14.0. The molecule has 0 atom stereocenters. The number of nitrogens with one attached hydrogen (secondary N) is 2. The molecule has 1 aromatic heterocycles. The molecule has 0 radical (unpaired) electrons. The highest BCUT2D eigenvalue weighted by Crippen LogP contribution is 2.30. The van der Waals surface area contributed by atoms with E-state index >= 15 is 0 Å². The van der Waals surface area contributed by atoms with Gasteiger partial charge in [0.2, 0.25) is 15.9 Å². The summed E-state index contributed by atoms with van der Waals surface area (Å²) in [5.41, 5.74) is -0.249.